The van der Waals surface area contributed by atoms with Gasteiger partial charge >= 0.3 is 12.1 Å². The molecule has 0 aliphatic carbocycles. The summed E-state index contributed by atoms with van der Waals surface area (Å²) in [5.41, 5.74) is 1.71. The first-order valence-electron chi connectivity index (χ1n) is 7.95. The highest BCUT2D eigenvalue weighted by Gasteiger charge is 2.17. The molecule has 0 spiro atoms. The minimum atomic E-state index is -0.758. The van der Waals surface area contributed by atoms with Crippen LogP contribution in [-0.4, -0.2) is 29.8 Å². The number of rotatable bonds is 8. The Bertz CT molecular complexity index is 603. The summed E-state index contributed by atoms with van der Waals surface area (Å²) < 4.78 is 10.2. The van der Waals surface area contributed by atoms with Crippen LogP contribution >= 0.6 is 0 Å². The van der Waals surface area contributed by atoms with Crippen LogP contribution in [0, 0.1) is 0 Å². The van der Waals surface area contributed by atoms with Gasteiger partial charge in [-0.2, -0.15) is 0 Å². The Labute approximate surface area is 146 Å². The van der Waals surface area contributed by atoms with Gasteiger partial charge in [-0.1, -0.05) is 60.7 Å². The van der Waals surface area contributed by atoms with Crippen LogP contribution in [0.1, 0.15) is 17.5 Å². The Morgan fingerprint density at radius 1 is 0.880 bits per heavy atom. The number of hydrogen-bond acceptors (Lipinski definition) is 5. The zero-order valence-corrected chi connectivity index (χ0v) is 13.8. The summed E-state index contributed by atoms with van der Waals surface area (Å²) in [7, 11) is 0. The molecule has 6 heteroatoms. The van der Waals surface area contributed by atoms with Crippen LogP contribution in [0.2, 0.25) is 0 Å². The number of nitrogens with one attached hydrogen (secondary N) is 1. The van der Waals surface area contributed by atoms with Gasteiger partial charge in [0.2, 0.25) is 0 Å². The maximum absolute atomic E-state index is 11.8. The van der Waals surface area contributed by atoms with Gasteiger partial charge in [-0.3, -0.25) is 4.79 Å². The van der Waals surface area contributed by atoms with Gasteiger partial charge in [-0.05, 0) is 11.1 Å². The van der Waals surface area contributed by atoms with Crippen LogP contribution in [0.3, 0.4) is 0 Å². The predicted molar refractivity (Wildman–Crippen MR) is 91.5 cm³/mol. The van der Waals surface area contributed by atoms with Crippen LogP contribution in [0.5, 0.6) is 0 Å². The summed E-state index contributed by atoms with van der Waals surface area (Å²) in [6, 6.07) is 17.7. The van der Waals surface area contributed by atoms with E-state index in [1.807, 2.05) is 60.7 Å². The second kappa shape index (κ2) is 10.1. The lowest BCUT2D eigenvalue weighted by Crippen LogP contribution is -2.39. The van der Waals surface area contributed by atoms with Crippen molar-refractivity contribution in [1.29, 1.82) is 0 Å². The average Bonchev–Trinajstić information content (AvgIpc) is 2.66. The fraction of sp³-hybridized carbons (Fsp3) is 0.263. The summed E-state index contributed by atoms with van der Waals surface area (Å²) in [5, 5.41) is 11.8. The Balaban J connectivity index is 1.71. The summed E-state index contributed by atoms with van der Waals surface area (Å²) in [6.07, 6.45) is -0.831. The van der Waals surface area contributed by atoms with Crippen molar-refractivity contribution in [3.63, 3.8) is 0 Å². The highest BCUT2D eigenvalue weighted by molar-refractivity contribution is 5.72. The summed E-state index contributed by atoms with van der Waals surface area (Å²) in [5.74, 6) is -0.508. The number of aliphatic hydroxyl groups is 1. The van der Waals surface area contributed by atoms with Crippen molar-refractivity contribution in [2.75, 3.05) is 6.61 Å². The van der Waals surface area contributed by atoms with E-state index in [-0.39, 0.29) is 26.2 Å². The quantitative estimate of drug-likeness (QED) is 0.719. The minimum Gasteiger partial charge on any atom is -0.461 e. The van der Waals surface area contributed by atoms with E-state index in [4.69, 9.17) is 9.47 Å². The van der Waals surface area contributed by atoms with E-state index in [1.165, 1.54) is 0 Å². The van der Waals surface area contributed by atoms with E-state index in [1.54, 1.807) is 0 Å². The highest BCUT2D eigenvalue weighted by Crippen LogP contribution is 2.04. The fourth-order valence-corrected chi connectivity index (χ4v) is 2.09. The Hall–Kier alpha value is -2.86. The van der Waals surface area contributed by atoms with Crippen molar-refractivity contribution >= 4 is 12.1 Å². The number of aliphatic hydroxyl groups excluding tert-OH is 1. The van der Waals surface area contributed by atoms with Gasteiger partial charge in [0.05, 0.1) is 19.1 Å². The van der Waals surface area contributed by atoms with Crippen LogP contribution in [0.4, 0.5) is 4.79 Å². The van der Waals surface area contributed by atoms with E-state index < -0.39 is 18.1 Å². The number of hydrogen-bond donors (Lipinski definition) is 2. The number of alkyl carbamates (subject to hydrolysis) is 1. The van der Waals surface area contributed by atoms with Crippen LogP contribution in [0.25, 0.3) is 0 Å². The lowest BCUT2D eigenvalue weighted by atomic mass is 10.2. The molecular formula is C19H21NO5. The van der Waals surface area contributed by atoms with Gasteiger partial charge in [-0.15, -0.1) is 0 Å². The van der Waals surface area contributed by atoms with Crippen molar-refractivity contribution in [1.82, 2.24) is 5.32 Å². The fourth-order valence-electron chi connectivity index (χ4n) is 2.09. The Morgan fingerprint density at radius 3 is 1.92 bits per heavy atom. The lowest BCUT2D eigenvalue weighted by Gasteiger charge is -2.15. The molecular weight excluding hydrogens is 322 g/mol. The Kier molecular flexibility index (Phi) is 7.46. The summed E-state index contributed by atoms with van der Waals surface area (Å²) in [6.45, 7) is -0.125. The van der Waals surface area contributed by atoms with E-state index in [2.05, 4.69) is 5.32 Å². The molecule has 0 radical (unpaired) electrons. The molecule has 2 rings (SSSR count). The number of carbonyl (C=O) groups is 2. The third-order valence-electron chi connectivity index (χ3n) is 3.41. The second-order valence-electron chi connectivity index (χ2n) is 5.44. The number of ether oxygens (including phenoxy) is 2. The van der Waals surface area contributed by atoms with Gasteiger partial charge in [0.15, 0.2) is 0 Å². The van der Waals surface area contributed by atoms with Gasteiger partial charge in [-0.25, -0.2) is 4.79 Å². The Morgan fingerprint density at radius 2 is 1.40 bits per heavy atom. The van der Waals surface area contributed by atoms with Gasteiger partial charge in [0.1, 0.15) is 13.2 Å². The third-order valence-corrected chi connectivity index (χ3v) is 3.41. The third kappa shape index (κ3) is 7.05. The van der Waals surface area contributed by atoms with Crippen LogP contribution < -0.4 is 5.32 Å². The summed E-state index contributed by atoms with van der Waals surface area (Å²) >= 11 is 0. The molecule has 2 aromatic rings. The van der Waals surface area contributed by atoms with Crippen LogP contribution in [0.15, 0.2) is 60.7 Å². The molecule has 2 N–H and O–H groups in total. The maximum Gasteiger partial charge on any atom is 0.407 e. The SMILES string of the molecule is O=C(C[C@@H](CO)NC(=O)OCc1ccccc1)OCc1ccccc1. The number of benzene rings is 2. The molecule has 132 valence electrons. The topological polar surface area (TPSA) is 84.9 Å². The summed E-state index contributed by atoms with van der Waals surface area (Å²) in [4.78, 5) is 23.6. The molecule has 0 saturated heterocycles. The van der Waals surface area contributed by atoms with Crippen LogP contribution in [-0.2, 0) is 27.5 Å². The van der Waals surface area contributed by atoms with Gasteiger partial charge in [0, 0.05) is 0 Å². The van der Waals surface area contributed by atoms with Gasteiger partial charge in [0.25, 0.3) is 0 Å². The molecule has 0 aromatic heterocycles. The van der Waals surface area contributed by atoms with Gasteiger partial charge < -0.3 is 19.9 Å². The molecule has 0 heterocycles. The monoisotopic (exact) mass is 343 g/mol. The molecule has 0 bridgehead atoms. The van der Waals surface area contributed by atoms with E-state index in [0.29, 0.717) is 0 Å². The predicted octanol–water partition coefficient (Wildman–Crippen LogP) is 2.41. The van der Waals surface area contributed by atoms with E-state index in [0.717, 1.165) is 11.1 Å². The molecule has 0 aliphatic rings. The molecule has 0 unspecified atom stereocenters. The molecule has 1 atom stereocenters. The first kappa shape index (κ1) is 18.5. The van der Waals surface area contributed by atoms with Crippen molar-refractivity contribution in [2.45, 2.75) is 25.7 Å². The molecule has 0 saturated carbocycles. The standard InChI is InChI=1S/C19H21NO5/c21-12-17(11-18(22)24-13-15-7-3-1-4-8-15)20-19(23)25-14-16-9-5-2-6-10-16/h1-10,17,21H,11-14H2,(H,20,23)/t17-/m0/s1. The second-order valence-corrected chi connectivity index (χ2v) is 5.44. The first-order chi connectivity index (χ1) is 12.2. The minimum absolute atomic E-state index is 0.114. The largest absolute Gasteiger partial charge is 0.461 e. The number of esters is 1. The average molecular weight is 343 g/mol. The number of carbonyl (C=O) groups excluding carboxylic acids is 2. The molecule has 1 amide bonds. The lowest BCUT2D eigenvalue weighted by molar-refractivity contribution is -0.145. The molecule has 6 nitrogen and oxygen atoms in total. The molecule has 0 fully saturated rings. The maximum atomic E-state index is 11.8. The van der Waals surface area contributed by atoms with Crippen molar-refractivity contribution < 1.29 is 24.2 Å². The van der Waals surface area contributed by atoms with Crippen molar-refractivity contribution in [3.8, 4) is 0 Å². The zero-order valence-electron chi connectivity index (χ0n) is 13.8. The van der Waals surface area contributed by atoms with Crippen molar-refractivity contribution in [3.05, 3.63) is 71.8 Å². The van der Waals surface area contributed by atoms with Crippen molar-refractivity contribution in [2.24, 2.45) is 0 Å². The number of amides is 1. The normalized spacial score (nSPS) is 11.4. The first-order valence-corrected chi connectivity index (χ1v) is 7.95. The highest BCUT2D eigenvalue weighted by atomic mass is 16.5. The molecule has 2 aromatic carbocycles. The smallest absolute Gasteiger partial charge is 0.407 e. The zero-order chi connectivity index (χ0) is 17.9. The molecule has 0 aliphatic heterocycles. The van der Waals surface area contributed by atoms with E-state index >= 15 is 0 Å². The molecule has 25 heavy (non-hydrogen) atoms. The van der Waals surface area contributed by atoms with E-state index in [9.17, 15) is 14.7 Å².